The van der Waals surface area contributed by atoms with Crippen LogP contribution in [-0.4, -0.2) is 24.7 Å². The van der Waals surface area contributed by atoms with Crippen LogP contribution in [0.2, 0.25) is 0 Å². The lowest BCUT2D eigenvalue weighted by Gasteiger charge is -2.36. The Bertz CT molecular complexity index is 228. The second kappa shape index (κ2) is 5.71. The predicted octanol–water partition coefficient (Wildman–Crippen LogP) is 3.18. The summed E-state index contributed by atoms with van der Waals surface area (Å²) in [5, 5.41) is 7.30. The maximum absolute atomic E-state index is 3.78. The van der Waals surface area contributed by atoms with Gasteiger partial charge in [-0.3, -0.25) is 0 Å². The van der Waals surface area contributed by atoms with E-state index in [0.29, 0.717) is 11.5 Å². The molecule has 2 unspecified atom stereocenters. The van der Waals surface area contributed by atoms with Gasteiger partial charge in [0.2, 0.25) is 0 Å². The molecule has 102 valence electrons. The second-order valence-electron chi connectivity index (χ2n) is 7.75. The van der Waals surface area contributed by atoms with Gasteiger partial charge in [0.05, 0.1) is 0 Å². The van der Waals surface area contributed by atoms with Gasteiger partial charge in [0.15, 0.2) is 0 Å². The van der Waals surface area contributed by atoms with Crippen LogP contribution in [-0.2, 0) is 0 Å². The molecule has 0 bridgehead atoms. The summed E-state index contributed by atoms with van der Waals surface area (Å²) in [5.74, 6) is 0.852. The van der Waals surface area contributed by atoms with E-state index in [1.54, 1.807) is 0 Å². The fraction of sp³-hybridized carbons (Fsp3) is 1.00. The quantitative estimate of drug-likeness (QED) is 0.788. The summed E-state index contributed by atoms with van der Waals surface area (Å²) in [6.07, 6.45) is 3.86. The molecule has 17 heavy (non-hydrogen) atoms. The highest BCUT2D eigenvalue weighted by molar-refractivity contribution is 4.85. The van der Waals surface area contributed by atoms with E-state index in [2.05, 4.69) is 52.2 Å². The zero-order chi connectivity index (χ0) is 13.1. The lowest BCUT2D eigenvalue weighted by atomic mass is 9.81. The molecule has 2 N–H and O–H groups in total. The van der Waals surface area contributed by atoms with Crippen LogP contribution in [0, 0.1) is 11.3 Å². The zero-order valence-electron chi connectivity index (χ0n) is 12.7. The lowest BCUT2D eigenvalue weighted by molar-refractivity contribution is 0.216. The molecule has 0 radical (unpaired) electrons. The maximum atomic E-state index is 3.78. The third-order valence-corrected chi connectivity index (χ3v) is 3.57. The van der Waals surface area contributed by atoms with Gasteiger partial charge in [0, 0.05) is 11.6 Å². The molecule has 0 aliphatic carbocycles. The lowest BCUT2D eigenvalue weighted by Crippen LogP contribution is -2.47. The molecule has 2 heteroatoms. The van der Waals surface area contributed by atoms with Crippen LogP contribution in [0.4, 0.5) is 0 Å². The van der Waals surface area contributed by atoms with Crippen molar-refractivity contribution in [1.29, 1.82) is 0 Å². The van der Waals surface area contributed by atoms with E-state index < -0.39 is 0 Å². The Hall–Kier alpha value is -0.0800. The standard InChI is InChI=1S/C15H32N2/c1-12-9-13(7-8-16-12)10-17-15(5,6)11-14(2,3)4/h12-13,16-17H,7-11H2,1-6H3. The summed E-state index contributed by atoms with van der Waals surface area (Å²) in [5.41, 5.74) is 0.657. The number of piperidine rings is 1. The van der Waals surface area contributed by atoms with Crippen LogP contribution in [0.3, 0.4) is 0 Å². The average Bonchev–Trinajstić information content (AvgIpc) is 2.11. The van der Waals surface area contributed by atoms with Crippen molar-refractivity contribution in [3.05, 3.63) is 0 Å². The maximum Gasteiger partial charge on any atom is 0.0130 e. The van der Waals surface area contributed by atoms with E-state index in [1.807, 2.05) is 0 Å². The van der Waals surface area contributed by atoms with Gasteiger partial charge in [0.25, 0.3) is 0 Å². The first-order chi connectivity index (χ1) is 7.68. The molecule has 0 aromatic heterocycles. The first-order valence-corrected chi connectivity index (χ1v) is 7.16. The van der Waals surface area contributed by atoms with E-state index in [9.17, 15) is 0 Å². The molecule has 1 aliphatic heterocycles. The van der Waals surface area contributed by atoms with Crippen LogP contribution in [0.15, 0.2) is 0 Å². The summed E-state index contributed by atoms with van der Waals surface area (Å²) in [7, 11) is 0. The minimum Gasteiger partial charge on any atom is -0.314 e. The van der Waals surface area contributed by atoms with Gasteiger partial charge < -0.3 is 10.6 Å². The third-order valence-electron chi connectivity index (χ3n) is 3.57. The smallest absolute Gasteiger partial charge is 0.0130 e. The van der Waals surface area contributed by atoms with Crippen LogP contribution in [0.1, 0.15) is 60.8 Å². The Morgan fingerprint density at radius 1 is 1.18 bits per heavy atom. The van der Waals surface area contributed by atoms with E-state index in [0.717, 1.165) is 5.92 Å². The minimum absolute atomic E-state index is 0.256. The first kappa shape index (κ1) is 15.0. The fourth-order valence-electron chi connectivity index (χ4n) is 3.23. The Labute approximate surface area is 108 Å². The number of hydrogen-bond donors (Lipinski definition) is 2. The van der Waals surface area contributed by atoms with Crippen molar-refractivity contribution in [2.45, 2.75) is 72.4 Å². The molecule has 0 saturated carbocycles. The van der Waals surface area contributed by atoms with Gasteiger partial charge in [0.1, 0.15) is 0 Å². The molecule has 0 spiro atoms. The Kier molecular flexibility index (Phi) is 5.03. The predicted molar refractivity (Wildman–Crippen MR) is 76.3 cm³/mol. The van der Waals surface area contributed by atoms with Crippen molar-refractivity contribution in [2.75, 3.05) is 13.1 Å². The van der Waals surface area contributed by atoms with E-state index in [4.69, 9.17) is 0 Å². The third kappa shape index (κ3) is 6.42. The van der Waals surface area contributed by atoms with Gasteiger partial charge in [-0.1, -0.05) is 20.8 Å². The highest BCUT2D eigenvalue weighted by Gasteiger charge is 2.26. The van der Waals surface area contributed by atoms with Crippen LogP contribution < -0.4 is 10.6 Å². The summed E-state index contributed by atoms with van der Waals surface area (Å²) in [4.78, 5) is 0. The molecule has 1 fully saturated rings. The largest absolute Gasteiger partial charge is 0.314 e. The Balaban J connectivity index is 2.33. The van der Waals surface area contributed by atoms with Gasteiger partial charge in [-0.15, -0.1) is 0 Å². The topological polar surface area (TPSA) is 24.1 Å². The fourth-order valence-corrected chi connectivity index (χ4v) is 3.23. The highest BCUT2D eigenvalue weighted by atomic mass is 15.0. The summed E-state index contributed by atoms with van der Waals surface area (Å²) >= 11 is 0. The Morgan fingerprint density at radius 2 is 1.82 bits per heavy atom. The molecule has 0 amide bonds. The zero-order valence-corrected chi connectivity index (χ0v) is 12.7. The van der Waals surface area contributed by atoms with Crippen LogP contribution in [0.25, 0.3) is 0 Å². The monoisotopic (exact) mass is 240 g/mol. The number of hydrogen-bond acceptors (Lipinski definition) is 2. The van der Waals surface area contributed by atoms with Crippen molar-refractivity contribution in [3.8, 4) is 0 Å². The molecule has 2 atom stereocenters. The summed E-state index contributed by atoms with van der Waals surface area (Å²) in [6.45, 7) is 16.3. The van der Waals surface area contributed by atoms with Crippen molar-refractivity contribution >= 4 is 0 Å². The summed E-state index contributed by atoms with van der Waals surface area (Å²) < 4.78 is 0. The van der Waals surface area contributed by atoms with Crippen LogP contribution >= 0.6 is 0 Å². The van der Waals surface area contributed by atoms with Gasteiger partial charge >= 0.3 is 0 Å². The molecular weight excluding hydrogens is 208 g/mol. The molecule has 1 rings (SSSR count). The molecule has 0 aromatic rings. The van der Waals surface area contributed by atoms with Gasteiger partial charge in [-0.05, 0) is 64.5 Å². The van der Waals surface area contributed by atoms with Crippen molar-refractivity contribution in [2.24, 2.45) is 11.3 Å². The van der Waals surface area contributed by atoms with E-state index in [1.165, 1.54) is 32.4 Å². The van der Waals surface area contributed by atoms with Crippen molar-refractivity contribution in [1.82, 2.24) is 10.6 Å². The van der Waals surface area contributed by atoms with Crippen LogP contribution in [0.5, 0.6) is 0 Å². The molecule has 1 heterocycles. The van der Waals surface area contributed by atoms with E-state index >= 15 is 0 Å². The molecule has 2 nitrogen and oxygen atoms in total. The highest BCUT2D eigenvalue weighted by Crippen LogP contribution is 2.27. The average molecular weight is 240 g/mol. The SMILES string of the molecule is CC1CC(CNC(C)(C)CC(C)(C)C)CCN1. The second-order valence-corrected chi connectivity index (χ2v) is 7.75. The van der Waals surface area contributed by atoms with Crippen molar-refractivity contribution in [3.63, 3.8) is 0 Å². The molecule has 0 aromatic carbocycles. The molecular formula is C15H32N2. The van der Waals surface area contributed by atoms with Gasteiger partial charge in [-0.2, -0.15) is 0 Å². The number of nitrogens with one attached hydrogen (secondary N) is 2. The molecule has 1 saturated heterocycles. The minimum atomic E-state index is 0.256. The normalized spacial score (nSPS) is 27.2. The van der Waals surface area contributed by atoms with Gasteiger partial charge in [-0.25, -0.2) is 0 Å². The summed E-state index contributed by atoms with van der Waals surface area (Å²) in [6, 6.07) is 0.696. The number of rotatable bonds is 4. The van der Waals surface area contributed by atoms with Crippen molar-refractivity contribution < 1.29 is 0 Å². The molecule has 1 aliphatic rings. The Morgan fingerprint density at radius 3 is 2.35 bits per heavy atom. The van der Waals surface area contributed by atoms with E-state index in [-0.39, 0.29) is 5.54 Å². The first-order valence-electron chi connectivity index (χ1n) is 7.16.